The maximum Gasteiger partial charge on any atom is 0.332 e. The van der Waals surface area contributed by atoms with E-state index in [9.17, 15) is 9.59 Å². The standard InChI is InChI=1S/C14H21N3O2/c1-4-5-11-17(12-9-7-6-8-10-12)14(19)16(3)13(18)15-2/h6-10H,4-5,11H2,1-3H3,(H,15,18). The fourth-order valence-corrected chi connectivity index (χ4v) is 1.69. The zero-order valence-electron chi connectivity index (χ0n) is 11.7. The number of urea groups is 2. The SMILES string of the molecule is CCCCN(C(=O)N(C)C(=O)NC)c1ccccc1. The molecule has 0 aliphatic rings. The van der Waals surface area contributed by atoms with Gasteiger partial charge in [-0.2, -0.15) is 0 Å². The van der Waals surface area contributed by atoms with E-state index in [1.807, 2.05) is 30.3 Å². The molecule has 5 nitrogen and oxygen atoms in total. The van der Waals surface area contributed by atoms with E-state index in [0.29, 0.717) is 6.54 Å². The van der Waals surface area contributed by atoms with Crippen LogP contribution in [0.4, 0.5) is 15.3 Å². The van der Waals surface area contributed by atoms with Gasteiger partial charge in [0.2, 0.25) is 0 Å². The van der Waals surface area contributed by atoms with E-state index in [2.05, 4.69) is 12.2 Å². The minimum Gasteiger partial charge on any atom is -0.341 e. The summed E-state index contributed by atoms with van der Waals surface area (Å²) in [5.74, 6) is 0. The lowest BCUT2D eigenvalue weighted by Gasteiger charge is -2.27. The van der Waals surface area contributed by atoms with Crippen molar-refractivity contribution in [1.82, 2.24) is 10.2 Å². The molecule has 0 aromatic heterocycles. The van der Waals surface area contributed by atoms with Crippen LogP contribution in [-0.2, 0) is 0 Å². The van der Waals surface area contributed by atoms with Gasteiger partial charge in [0.25, 0.3) is 0 Å². The largest absolute Gasteiger partial charge is 0.341 e. The second-order valence-electron chi connectivity index (χ2n) is 4.24. The molecule has 0 atom stereocenters. The molecule has 0 bridgehead atoms. The Morgan fingerprint density at radius 3 is 2.37 bits per heavy atom. The molecule has 0 unspecified atom stereocenters. The Kier molecular flexibility index (Phi) is 5.85. The molecule has 0 saturated heterocycles. The van der Waals surface area contributed by atoms with Gasteiger partial charge in [-0.25, -0.2) is 14.5 Å². The van der Waals surface area contributed by atoms with Crippen molar-refractivity contribution in [2.45, 2.75) is 19.8 Å². The number of nitrogens with one attached hydrogen (secondary N) is 1. The molecular formula is C14H21N3O2. The van der Waals surface area contributed by atoms with Gasteiger partial charge in [0.05, 0.1) is 0 Å². The molecule has 1 aromatic rings. The van der Waals surface area contributed by atoms with Crippen LogP contribution >= 0.6 is 0 Å². The van der Waals surface area contributed by atoms with E-state index in [0.717, 1.165) is 23.4 Å². The van der Waals surface area contributed by atoms with Crippen LogP contribution in [0.25, 0.3) is 0 Å². The van der Waals surface area contributed by atoms with Crippen LogP contribution in [0.1, 0.15) is 19.8 Å². The molecule has 104 valence electrons. The summed E-state index contributed by atoms with van der Waals surface area (Å²) in [7, 11) is 2.98. The van der Waals surface area contributed by atoms with Gasteiger partial charge in [0.1, 0.15) is 0 Å². The maximum absolute atomic E-state index is 12.3. The lowest BCUT2D eigenvalue weighted by Crippen LogP contribution is -2.47. The molecule has 0 aliphatic heterocycles. The van der Waals surface area contributed by atoms with Gasteiger partial charge in [-0.3, -0.25) is 4.90 Å². The van der Waals surface area contributed by atoms with Crippen LogP contribution in [0.15, 0.2) is 30.3 Å². The first-order chi connectivity index (χ1) is 9.11. The minimum atomic E-state index is -0.414. The number of carbonyl (C=O) groups excluding carboxylic acids is 2. The summed E-state index contributed by atoms with van der Waals surface area (Å²) in [5.41, 5.74) is 0.803. The van der Waals surface area contributed by atoms with E-state index >= 15 is 0 Å². The highest BCUT2D eigenvalue weighted by Crippen LogP contribution is 2.16. The second kappa shape index (κ2) is 7.41. The van der Waals surface area contributed by atoms with Gasteiger partial charge in [-0.1, -0.05) is 31.5 Å². The predicted octanol–water partition coefficient (Wildman–Crippen LogP) is 2.68. The Labute approximate surface area is 114 Å². The third-order valence-electron chi connectivity index (χ3n) is 2.84. The molecule has 0 heterocycles. The minimum absolute atomic E-state index is 0.320. The monoisotopic (exact) mass is 263 g/mol. The topological polar surface area (TPSA) is 52.7 Å². The molecule has 5 heteroatoms. The number of carbonyl (C=O) groups is 2. The number of hydrogen-bond donors (Lipinski definition) is 1. The van der Waals surface area contributed by atoms with Crippen LogP contribution < -0.4 is 10.2 Å². The molecular weight excluding hydrogens is 242 g/mol. The summed E-state index contributed by atoms with van der Waals surface area (Å²) >= 11 is 0. The summed E-state index contributed by atoms with van der Waals surface area (Å²) in [6.07, 6.45) is 1.88. The lowest BCUT2D eigenvalue weighted by atomic mass is 10.2. The number of benzene rings is 1. The van der Waals surface area contributed by atoms with Crippen molar-refractivity contribution >= 4 is 17.7 Å². The molecule has 1 rings (SSSR count). The van der Waals surface area contributed by atoms with E-state index in [-0.39, 0.29) is 6.03 Å². The summed E-state index contributed by atoms with van der Waals surface area (Å²) in [6, 6.07) is 8.65. The number of hydrogen-bond acceptors (Lipinski definition) is 2. The first kappa shape index (κ1) is 15.0. The zero-order chi connectivity index (χ0) is 14.3. The average Bonchev–Trinajstić information content (AvgIpc) is 2.46. The molecule has 1 aromatic carbocycles. The van der Waals surface area contributed by atoms with Gasteiger partial charge in [-0.15, -0.1) is 0 Å². The molecule has 0 saturated carbocycles. The lowest BCUT2D eigenvalue weighted by molar-refractivity contribution is 0.199. The smallest absolute Gasteiger partial charge is 0.332 e. The Morgan fingerprint density at radius 2 is 1.84 bits per heavy atom. The Morgan fingerprint density at radius 1 is 1.21 bits per heavy atom. The third kappa shape index (κ3) is 3.98. The van der Waals surface area contributed by atoms with Crippen molar-refractivity contribution in [2.24, 2.45) is 0 Å². The number of para-hydroxylation sites is 1. The van der Waals surface area contributed by atoms with Crippen molar-refractivity contribution in [3.63, 3.8) is 0 Å². The number of amides is 4. The summed E-state index contributed by atoms with van der Waals surface area (Å²) in [4.78, 5) is 26.6. The van der Waals surface area contributed by atoms with Crippen molar-refractivity contribution < 1.29 is 9.59 Å². The normalized spacial score (nSPS) is 9.84. The van der Waals surface area contributed by atoms with Gasteiger partial charge in [0.15, 0.2) is 0 Å². The van der Waals surface area contributed by atoms with E-state index in [1.165, 1.54) is 14.1 Å². The fraction of sp³-hybridized carbons (Fsp3) is 0.429. The van der Waals surface area contributed by atoms with E-state index in [1.54, 1.807) is 4.90 Å². The molecule has 0 radical (unpaired) electrons. The average molecular weight is 263 g/mol. The highest BCUT2D eigenvalue weighted by molar-refractivity contribution is 6.01. The summed E-state index contributed by atoms with van der Waals surface area (Å²) in [6.45, 7) is 2.66. The zero-order valence-corrected chi connectivity index (χ0v) is 11.7. The molecule has 0 fully saturated rings. The highest BCUT2D eigenvalue weighted by atomic mass is 16.2. The van der Waals surface area contributed by atoms with Crippen molar-refractivity contribution in [2.75, 3.05) is 25.5 Å². The quantitative estimate of drug-likeness (QED) is 0.908. The molecule has 0 aliphatic carbocycles. The van der Waals surface area contributed by atoms with Crippen molar-refractivity contribution in [3.8, 4) is 0 Å². The van der Waals surface area contributed by atoms with Gasteiger partial charge >= 0.3 is 12.1 Å². The Bertz CT molecular complexity index is 420. The molecule has 19 heavy (non-hydrogen) atoms. The van der Waals surface area contributed by atoms with Crippen LogP contribution in [0, 0.1) is 0 Å². The van der Waals surface area contributed by atoms with Crippen LogP contribution in [-0.4, -0.2) is 37.6 Å². The van der Waals surface area contributed by atoms with Gasteiger partial charge in [0, 0.05) is 26.3 Å². The van der Waals surface area contributed by atoms with E-state index in [4.69, 9.17) is 0 Å². The highest BCUT2D eigenvalue weighted by Gasteiger charge is 2.22. The van der Waals surface area contributed by atoms with Crippen molar-refractivity contribution in [3.05, 3.63) is 30.3 Å². The number of nitrogens with zero attached hydrogens (tertiary/aromatic N) is 2. The first-order valence-electron chi connectivity index (χ1n) is 6.43. The van der Waals surface area contributed by atoms with Gasteiger partial charge in [-0.05, 0) is 18.6 Å². The van der Waals surface area contributed by atoms with Crippen LogP contribution in [0.5, 0.6) is 0 Å². The molecule has 0 spiro atoms. The second-order valence-corrected chi connectivity index (χ2v) is 4.24. The van der Waals surface area contributed by atoms with Crippen LogP contribution in [0.3, 0.4) is 0 Å². The fourth-order valence-electron chi connectivity index (χ4n) is 1.69. The number of unbranched alkanes of at least 4 members (excludes halogenated alkanes) is 1. The number of rotatable bonds is 4. The summed E-state index contributed by atoms with van der Waals surface area (Å²) in [5, 5.41) is 2.45. The first-order valence-corrected chi connectivity index (χ1v) is 6.43. The third-order valence-corrected chi connectivity index (χ3v) is 2.84. The molecule has 4 amide bonds. The number of imide groups is 1. The van der Waals surface area contributed by atoms with Crippen LogP contribution in [0.2, 0.25) is 0 Å². The number of anilines is 1. The van der Waals surface area contributed by atoms with E-state index < -0.39 is 6.03 Å². The van der Waals surface area contributed by atoms with Crippen molar-refractivity contribution in [1.29, 1.82) is 0 Å². The maximum atomic E-state index is 12.3. The molecule has 1 N–H and O–H groups in total. The Balaban J connectivity index is 2.91. The summed E-state index contributed by atoms with van der Waals surface area (Å²) < 4.78 is 0. The Hall–Kier alpha value is -2.04. The van der Waals surface area contributed by atoms with Gasteiger partial charge < -0.3 is 5.32 Å². The predicted molar refractivity (Wildman–Crippen MR) is 76.3 cm³/mol.